The van der Waals surface area contributed by atoms with E-state index in [1.54, 1.807) is 6.20 Å². The topological polar surface area (TPSA) is 136 Å². The van der Waals surface area contributed by atoms with Gasteiger partial charge in [-0.2, -0.15) is 0 Å². The molecule has 0 unspecified atom stereocenters. The van der Waals surface area contributed by atoms with Crippen molar-refractivity contribution in [1.29, 1.82) is 0 Å². The van der Waals surface area contributed by atoms with Gasteiger partial charge in [0.25, 0.3) is 0 Å². The van der Waals surface area contributed by atoms with E-state index < -0.39 is 20.9 Å². The number of nitrogens with zero attached hydrogens (tertiary/aromatic N) is 1. The minimum Gasteiger partial charge on any atom is -0.478 e. The second kappa shape index (κ2) is 8.23. The van der Waals surface area contributed by atoms with E-state index in [4.69, 9.17) is 39.2 Å². The van der Waals surface area contributed by atoms with Gasteiger partial charge in [-0.3, -0.25) is 4.98 Å². The van der Waals surface area contributed by atoms with E-state index in [0.717, 1.165) is 17.8 Å². The molecule has 0 aliphatic heterocycles. The SMILES string of the molecule is NCc1ccccn1.NS(=O)(=O)c1cc(C(=O)O)c(Cl)cc1Cl. The summed E-state index contributed by atoms with van der Waals surface area (Å²) in [6, 6.07) is 7.54. The van der Waals surface area contributed by atoms with Crippen LogP contribution in [0.1, 0.15) is 16.1 Å². The molecule has 1 heterocycles. The number of primary sulfonamides is 1. The molecule has 23 heavy (non-hydrogen) atoms. The number of nitrogens with two attached hydrogens (primary N) is 2. The van der Waals surface area contributed by atoms with Gasteiger partial charge in [0.2, 0.25) is 10.0 Å². The first-order valence-corrected chi connectivity index (χ1v) is 8.32. The van der Waals surface area contributed by atoms with Crippen LogP contribution in [0.2, 0.25) is 10.0 Å². The highest BCUT2D eigenvalue weighted by Crippen LogP contribution is 2.27. The Hall–Kier alpha value is -1.71. The third-order valence-electron chi connectivity index (χ3n) is 2.49. The lowest BCUT2D eigenvalue weighted by Crippen LogP contribution is -2.14. The van der Waals surface area contributed by atoms with Gasteiger partial charge in [-0.1, -0.05) is 29.3 Å². The van der Waals surface area contributed by atoms with Crippen molar-refractivity contribution in [3.05, 3.63) is 57.8 Å². The summed E-state index contributed by atoms with van der Waals surface area (Å²) in [6.45, 7) is 0.529. The Balaban J connectivity index is 0.000000277. The Bertz CT molecular complexity index is 798. The van der Waals surface area contributed by atoms with Crippen LogP contribution in [0.4, 0.5) is 0 Å². The molecule has 0 saturated heterocycles. The van der Waals surface area contributed by atoms with E-state index >= 15 is 0 Å². The maximum absolute atomic E-state index is 11.0. The molecular formula is C13H13Cl2N3O4S. The van der Waals surface area contributed by atoms with Crippen LogP contribution in [0.3, 0.4) is 0 Å². The summed E-state index contributed by atoms with van der Waals surface area (Å²) in [7, 11) is -4.06. The van der Waals surface area contributed by atoms with Crippen LogP contribution >= 0.6 is 23.2 Å². The molecule has 0 spiro atoms. The summed E-state index contributed by atoms with van der Waals surface area (Å²) >= 11 is 11.1. The molecule has 0 aliphatic rings. The number of rotatable bonds is 3. The zero-order valence-electron chi connectivity index (χ0n) is 11.6. The fourth-order valence-corrected chi connectivity index (χ4v) is 2.83. The van der Waals surface area contributed by atoms with E-state index in [-0.39, 0.29) is 15.6 Å². The highest BCUT2D eigenvalue weighted by atomic mass is 35.5. The van der Waals surface area contributed by atoms with Crippen LogP contribution in [0.25, 0.3) is 0 Å². The number of aromatic nitrogens is 1. The number of halogens is 2. The van der Waals surface area contributed by atoms with Crippen LogP contribution in [-0.4, -0.2) is 24.5 Å². The second-order valence-corrected chi connectivity index (χ2v) is 6.48. The molecule has 0 amide bonds. The van der Waals surface area contributed by atoms with Gasteiger partial charge in [0.1, 0.15) is 4.90 Å². The molecule has 124 valence electrons. The highest BCUT2D eigenvalue weighted by molar-refractivity contribution is 7.89. The monoisotopic (exact) mass is 377 g/mol. The summed E-state index contributed by atoms with van der Waals surface area (Å²) in [5.74, 6) is -1.36. The molecule has 0 saturated carbocycles. The van der Waals surface area contributed by atoms with Gasteiger partial charge in [-0.25, -0.2) is 18.4 Å². The van der Waals surface area contributed by atoms with Crippen molar-refractivity contribution in [2.75, 3.05) is 0 Å². The number of sulfonamides is 1. The van der Waals surface area contributed by atoms with Crippen LogP contribution in [0.5, 0.6) is 0 Å². The first-order chi connectivity index (χ1) is 10.7. The largest absolute Gasteiger partial charge is 0.478 e. The van der Waals surface area contributed by atoms with Gasteiger partial charge in [0.15, 0.2) is 0 Å². The number of carboxylic acid groups (broad SMARTS) is 1. The number of aromatic carboxylic acids is 1. The number of carboxylic acids is 1. The quantitative estimate of drug-likeness (QED) is 0.746. The summed E-state index contributed by atoms with van der Waals surface area (Å²) in [4.78, 5) is 14.2. The van der Waals surface area contributed by atoms with Gasteiger partial charge >= 0.3 is 5.97 Å². The second-order valence-electron chi connectivity index (χ2n) is 4.14. The standard InChI is InChI=1S/C7H5Cl2NO4S.C6H8N2/c8-4-2-5(9)6(15(10,13)14)1-3(4)7(11)12;7-5-6-3-1-2-4-8-6/h1-2H,(H,11,12)(H2,10,13,14);1-4H,5,7H2. The van der Waals surface area contributed by atoms with Crippen LogP contribution < -0.4 is 10.9 Å². The lowest BCUT2D eigenvalue weighted by Gasteiger charge is -2.04. The fourth-order valence-electron chi connectivity index (χ4n) is 1.43. The molecule has 0 atom stereocenters. The predicted molar refractivity (Wildman–Crippen MR) is 86.9 cm³/mol. The zero-order chi connectivity index (χ0) is 17.6. The van der Waals surface area contributed by atoms with Crippen LogP contribution in [-0.2, 0) is 16.6 Å². The highest BCUT2D eigenvalue weighted by Gasteiger charge is 2.19. The third-order valence-corrected chi connectivity index (χ3v) is 4.18. The van der Waals surface area contributed by atoms with E-state index in [9.17, 15) is 13.2 Å². The van der Waals surface area contributed by atoms with Crippen molar-refractivity contribution in [2.45, 2.75) is 11.4 Å². The number of pyridine rings is 1. The Morgan fingerprint density at radius 3 is 2.26 bits per heavy atom. The molecule has 0 fully saturated rings. The first kappa shape index (κ1) is 19.3. The smallest absolute Gasteiger partial charge is 0.337 e. The van der Waals surface area contributed by atoms with Gasteiger partial charge < -0.3 is 10.8 Å². The van der Waals surface area contributed by atoms with Gasteiger partial charge in [0, 0.05) is 12.7 Å². The van der Waals surface area contributed by atoms with Crippen molar-refractivity contribution in [1.82, 2.24) is 4.98 Å². The normalized spacial score (nSPS) is 10.6. The number of hydrogen-bond acceptors (Lipinski definition) is 5. The Labute approximate surface area is 142 Å². The molecule has 0 radical (unpaired) electrons. The third kappa shape index (κ3) is 5.77. The minimum atomic E-state index is -4.06. The lowest BCUT2D eigenvalue weighted by molar-refractivity contribution is 0.0697. The van der Waals surface area contributed by atoms with Crippen LogP contribution in [0, 0.1) is 0 Å². The van der Waals surface area contributed by atoms with Crippen molar-refractivity contribution in [3.63, 3.8) is 0 Å². The lowest BCUT2D eigenvalue weighted by atomic mass is 10.2. The number of benzene rings is 1. The average molecular weight is 378 g/mol. The van der Waals surface area contributed by atoms with Gasteiger partial charge in [-0.15, -0.1) is 0 Å². The van der Waals surface area contributed by atoms with E-state index in [1.165, 1.54) is 0 Å². The molecule has 5 N–H and O–H groups in total. The maximum Gasteiger partial charge on any atom is 0.337 e. The molecule has 1 aromatic heterocycles. The van der Waals surface area contributed by atoms with E-state index in [2.05, 4.69) is 4.98 Å². The number of hydrogen-bond donors (Lipinski definition) is 3. The Morgan fingerprint density at radius 2 is 1.87 bits per heavy atom. The molecule has 2 aromatic rings. The fraction of sp³-hybridized carbons (Fsp3) is 0.0769. The minimum absolute atomic E-state index is 0.153. The Kier molecular flexibility index (Phi) is 6.92. The van der Waals surface area contributed by atoms with Crippen LogP contribution in [0.15, 0.2) is 41.4 Å². The van der Waals surface area contributed by atoms with E-state index in [0.29, 0.717) is 6.54 Å². The van der Waals surface area contributed by atoms with Crippen molar-refractivity contribution >= 4 is 39.2 Å². The predicted octanol–water partition coefficient (Wildman–Crippen LogP) is 1.88. The summed E-state index contributed by atoms with van der Waals surface area (Å²) < 4.78 is 22.0. The van der Waals surface area contributed by atoms with Gasteiger partial charge in [0.05, 0.1) is 21.3 Å². The molecule has 2 rings (SSSR count). The molecule has 0 aliphatic carbocycles. The first-order valence-electron chi connectivity index (χ1n) is 6.02. The van der Waals surface area contributed by atoms with E-state index in [1.807, 2.05) is 18.2 Å². The summed E-state index contributed by atoms with van der Waals surface area (Å²) in [6.07, 6.45) is 1.74. The molecule has 7 nitrogen and oxygen atoms in total. The molecule has 1 aromatic carbocycles. The average Bonchev–Trinajstić information content (AvgIpc) is 2.47. The molecule has 10 heteroatoms. The zero-order valence-corrected chi connectivity index (χ0v) is 13.9. The van der Waals surface area contributed by atoms with Crippen molar-refractivity contribution in [3.8, 4) is 0 Å². The molecular weight excluding hydrogens is 365 g/mol. The Morgan fingerprint density at radius 1 is 1.22 bits per heavy atom. The van der Waals surface area contributed by atoms with Gasteiger partial charge in [-0.05, 0) is 24.3 Å². The van der Waals surface area contributed by atoms with Crippen molar-refractivity contribution < 1.29 is 18.3 Å². The summed E-state index contributed by atoms with van der Waals surface area (Å²) in [5.41, 5.74) is 5.85. The van der Waals surface area contributed by atoms with Crippen molar-refractivity contribution in [2.24, 2.45) is 10.9 Å². The maximum atomic E-state index is 11.0. The summed E-state index contributed by atoms with van der Waals surface area (Å²) in [5, 5.41) is 13.1. The molecule has 0 bridgehead atoms. The number of carbonyl (C=O) groups is 1.